The van der Waals surface area contributed by atoms with Crippen molar-refractivity contribution in [3.05, 3.63) is 65.7 Å². The van der Waals surface area contributed by atoms with E-state index in [1.54, 1.807) is 22.9 Å². The first-order chi connectivity index (χ1) is 12.1. The van der Waals surface area contributed by atoms with Gasteiger partial charge in [-0.1, -0.05) is 6.07 Å². The van der Waals surface area contributed by atoms with E-state index in [2.05, 4.69) is 25.9 Å². The molecule has 0 unspecified atom stereocenters. The molecule has 0 saturated carbocycles. The van der Waals surface area contributed by atoms with Gasteiger partial charge in [-0.3, -0.25) is 4.79 Å². The van der Waals surface area contributed by atoms with Crippen molar-refractivity contribution in [1.29, 1.82) is 0 Å². The number of anilines is 1. The van der Waals surface area contributed by atoms with Gasteiger partial charge in [0.05, 0.1) is 5.69 Å². The van der Waals surface area contributed by atoms with Crippen LogP contribution < -0.4 is 10.6 Å². The Morgan fingerprint density at radius 1 is 1.16 bits per heavy atom. The average Bonchev–Trinajstić information content (AvgIpc) is 3.05. The van der Waals surface area contributed by atoms with E-state index < -0.39 is 5.82 Å². The highest BCUT2D eigenvalue weighted by Crippen LogP contribution is 2.06. The van der Waals surface area contributed by atoms with Crippen molar-refractivity contribution in [1.82, 2.24) is 25.3 Å². The maximum atomic E-state index is 13.1. The minimum atomic E-state index is -0.437. The first-order valence-electron chi connectivity index (χ1n) is 7.76. The highest BCUT2D eigenvalue weighted by molar-refractivity contribution is 5.94. The summed E-state index contributed by atoms with van der Waals surface area (Å²) >= 11 is 0. The molecule has 128 valence electrons. The second-order valence-electron chi connectivity index (χ2n) is 5.37. The molecule has 0 atom stereocenters. The molecule has 0 aliphatic rings. The summed E-state index contributed by atoms with van der Waals surface area (Å²) in [6, 6.07) is 11.0. The topological polar surface area (TPSA) is 84.7 Å². The van der Waals surface area contributed by atoms with Gasteiger partial charge in [-0.05, 0) is 43.3 Å². The van der Waals surface area contributed by atoms with Crippen LogP contribution in [-0.2, 0) is 0 Å². The highest BCUT2D eigenvalue weighted by Gasteiger charge is 2.05. The summed E-state index contributed by atoms with van der Waals surface area (Å²) in [6.07, 6.45) is 1.81. The molecule has 7 nitrogen and oxygen atoms in total. The third kappa shape index (κ3) is 4.37. The Balaban J connectivity index is 1.47. The fourth-order valence-corrected chi connectivity index (χ4v) is 2.18. The van der Waals surface area contributed by atoms with Crippen LogP contribution in [-0.4, -0.2) is 39.0 Å². The molecule has 2 aromatic heterocycles. The number of benzene rings is 1. The monoisotopic (exact) mass is 340 g/mol. The summed E-state index contributed by atoms with van der Waals surface area (Å²) in [6.45, 7) is 2.74. The Kier molecular flexibility index (Phi) is 4.98. The van der Waals surface area contributed by atoms with Crippen molar-refractivity contribution >= 4 is 11.7 Å². The summed E-state index contributed by atoms with van der Waals surface area (Å²) in [5.41, 5.74) is 1.19. The number of carbonyl (C=O) groups excluding carboxylic acids is 1. The first kappa shape index (κ1) is 16.6. The minimum Gasteiger partial charge on any atom is -0.367 e. The van der Waals surface area contributed by atoms with Crippen LogP contribution >= 0.6 is 0 Å². The number of aryl methyl sites for hydroxylation is 1. The first-order valence-corrected chi connectivity index (χ1v) is 7.76. The summed E-state index contributed by atoms with van der Waals surface area (Å²) in [4.78, 5) is 11.9. The molecule has 2 N–H and O–H groups in total. The Bertz CT molecular complexity index is 862. The Morgan fingerprint density at radius 2 is 2.04 bits per heavy atom. The molecule has 0 saturated heterocycles. The number of aromatic nitrogens is 4. The quantitative estimate of drug-likeness (QED) is 0.670. The molecule has 0 aliphatic heterocycles. The van der Waals surface area contributed by atoms with Gasteiger partial charge in [-0.2, -0.15) is 5.10 Å². The van der Waals surface area contributed by atoms with Crippen LogP contribution in [0.5, 0.6) is 0 Å². The zero-order valence-electron chi connectivity index (χ0n) is 13.6. The third-order valence-corrected chi connectivity index (χ3v) is 3.41. The lowest BCUT2D eigenvalue weighted by Crippen LogP contribution is -2.29. The lowest BCUT2D eigenvalue weighted by molar-refractivity contribution is 0.0954. The molecule has 25 heavy (non-hydrogen) atoms. The molecule has 2 heterocycles. The fourth-order valence-electron chi connectivity index (χ4n) is 2.18. The van der Waals surface area contributed by atoms with Gasteiger partial charge in [0.25, 0.3) is 5.91 Å². The summed E-state index contributed by atoms with van der Waals surface area (Å²) < 4.78 is 14.7. The smallest absolute Gasteiger partial charge is 0.251 e. The number of nitrogens with one attached hydrogen (secondary N) is 2. The van der Waals surface area contributed by atoms with Crippen LogP contribution in [0.2, 0.25) is 0 Å². The van der Waals surface area contributed by atoms with Crippen LogP contribution in [0, 0.1) is 12.7 Å². The molecule has 8 heteroatoms. The molecule has 0 fully saturated rings. The van der Waals surface area contributed by atoms with Crippen molar-refractivity contribution in [3.8, 4) is 5.82 Å². The number of hydrogen-bond donors (Lipinski definition) is 2. The van der Waals surface area contributed by atoms with E-state index in [0.29, 0.717) is 30.3 Å². The molecule has 3 aromatic rings. The van der Waals surface area contributed by atoms with Gasteiger partial charge in [-0.25, -0.2) is 9.07 Å². The number of amides is 1. The molecule has 0 radical (unpaired) electrons. The molecule has 1 amide bonds. The van der Waals surface area contributed by atoms with Crippen molar-refractivity contribution < 1.29 is 9.18 Å². The van der Waals surface area contributed by atoms with E-state index in [1.165, 1.54) is 18.2 Å². The standard InChI is InChI=1S/C17H17FN6O/c1-12-7-10-24(23-12)16-6-5-15(21-22-16)19-8-9-20-17(25)13-3-2-4-14(18)11-13/h2-7,10-11H,8-9H2,1H3,(H,19,21)(H,20,25). The number of carbonyl (C=O) groups is 1. The molecule has 3 rings (SSSR count). The predicted molar refractivity (Wildman–Crippen MR) is 91.1 cm³/mol. The van der Waals surface area contributed by atoms with Gasteiger partial charge < -0.3 is 10.6 Å². The van der Waals surface area contributed by atoms with Gasteiger partial charge in [0.1, 0.15) is 11.6 Å². The van der Waals surface area contributed by atoms with Crippen LogP contribution in [0.1, 0.15) is 16.1 Å². The van der Waals surface area contributed by atoms with Gasteiger partial charge >= 0.3 is 0 Å². The number of hydrogen-bond acceptors (Lipinski definition) is 5. The maximum absolute atomic E-state index is 13.1. The number of rotatable bonds is 6. The minimum absolute atomic E-state index is 0.290. The molecule has 1 aromatic carbocycles. The molecular formula is C17H17FN6O. The van der Waals surface area contributed by atoms with Crippen LogP contribution in [0.4, 0.5) is 10.2 Å². The average molecular weight is 340 g/mol. The van der Waals surface area contributed by atoms with Crippen molar-refractivity contribution in [3.63, 3.8) is 0 Å². The van der Waals surface area contributed by atoms with Gasteiger partial charge in [-0.15, -0.1) is 10.2 Å². The van der Waals surface area contributed by atoms with Crippen molar-refractivity contribution in [2.75, 3.05) is 18.4 Å². The summed E-state index contributed by atoms with van der Waals surface area (Å²) in [7, 11) is 0. The van der Waals surface area contributed by atoms with Gasteiger partial charge in [0.15, 0.2) is 5.82 Å². The Hall–Kier alpha value is -3.29. The zero-order valence-corrected chi connectivity index (χ0v) is 13.6. The van der Waals surface area contributed by atoms with E-state index in [0.717, 1.165) is 5.69 Å². The lowest BCUT2D eigenvalue weighted by atomic mass is 10.2. The SMILES string of the molecule is Cc1ccn(-c2ccc(NCCNC(=O)c3cccc(F)c3)nn2)n1. The van der Waals surface area contributed by atoms with Gasteiger partial charge in [0, 0.05) is 24.8 Å². The van der Waals surface area contributed by atoms with Crippen LogP contribution in [0.15, 0.2) is 48.7 Å². The van der Waals surface area contributed by atoms with Crippen LogP contribution in [0.3, 0.4) is 0 Å². The number of nitrogens with zero attached hydrogens (tertiary/aromatic N) is 4. The van der Waals surface area contributed by atoms with Gasteiger partial charge in [0.2, 0.25) is 0 Å². The van der Waals surface area contributed by atoms with E-state index in [-0.39, 0.29) is 5.91 Å². The molecular weight excluding hydrogens is 323 g/mol. The van der Waals surface area contributed by atoms with Crippen molar-refractivity contribution in [2.24, 2.45) is 0 Å². The molecule has 0 aliphatic carbocycles. The fraction of sp³-hybridized carbons (Fsp3) is 0.176. The zero-order chi connectivity index (χ0) is 17.6. The highest BCUT2D eigenvalue weighted by atomic mass is 19.1. The summed E-state index contributed by atoms with van der Waals surface area (Å²) in [5.74, 6) is 0.455. The van der Waals surface area contributed by atoms with E-state index in [1.807, 2.05) is 19.2 Å². The number of halogens is 1. The normalized spacial score (nSPS) is 10.5. The maximum Gasteiger partial charge on any atom is 0.251 e. The largest absolute Gasteiger partial charge is 0.367 e. The van der Waals surface area contributed by atoms with E-state index in [9.17, 15) is 9.18 Å². The Morgan fingerprint density at radius 3 is 2.72 bits per heavy atom. The van der Waals surface area contributed by atoms with Crippen molar-refractivity contribution in [2.45, 2.75) is 6.92 Å². The van der Waals surface area contributed by atoms with E-state index >= 15 is 0 Å². The Labute approximate surface area is 143 Å². The van der Waals surface area contributed by atoms with E-state index in [4.69, 9.17) is 0 Å². The second kappa shape index (κ2) is 7.52. The second-order valence-corrected chi connectivity index (χ2v) is 5.37. The lowest BCUT2D eigenvalue weighted by Gasteiger charge is -2.07. The third-order valence-electron chi connectivity index (χ3n) is 3.41. The molecule has 0 bridgehead atoms. The molecule has 0 spiro atoms. The predicted octanol–water partition coefficient (Wildman–Crippen LogP) is 1.95. The van der Waals surface area contributed by atoms with Crippen LogP contribution in [0.25, 0.3) is 5.82 Å². The summed E-state index contributed by atoms with van der Waals surface area (Å²) in [5, 5.41) is 18.2.